The third-order valence-corrected chi connectivity index (χ3v) is 5.24. The smallest absolute Gasteiger partial charge is 0.121 e. The van der Waals surface area contributed by atoms with Gasteiger partial charge in [0.25, 0.3) is 0 Å². The lowest BCUT2D eigenvalue weighted by Crippen LogP contribution is -2.30. The molecule has 21 heavy (non-hydrogen) atoms. The van der Waals surface area contributed by atoms with Crippen LogP contribution < -0.4 is 10.5 Å². The first-order valence-electron chi connectivity index (χ1n) is 8.37. The lowest BCUT2D eigenvalue weighted by Gasteiger charge is -2.27. The molecular weight excluding hydrogens is 260 g/mol. The van der Waals surface area contributed by atoms with Crippen molar-refractivity contribution in [2.75, 3.05) is 32.5 Å². The number of ether oxygens (including phenoxy) is 1. The Morgan fingerprint density at radius 2 is 2.19 bits per heavy atom. The Bertz CT molecular complexity index is 462. The van der Waals surface area contributed by atoms with Gasteiger partial charge in [0.1, 0.15) is 5.75 Å². The third-order valence-electron chi connectivity index (χ3n) is 5.24. The summed E-state index contributed by atoms with van der Waals surface area (Å²) in [4.78, 5) is 2.49. The maximum Gasteiger partial charge on any atom is 0.121 e. The molecule has 1 aromatic rings. The molecule has 116 valence electrons. The fourth-order valence-electron chi connectivity index (χ4n) is 4.22. The first kappa shape index (κ1) is 14.7. The zero-order chi connectivity index (χ0) is 14.7. The molecule has 0 radical (unpaired) electrons. The largest absolute Gasteiger partial charge is 0.493 e. The van der Waals surface area contributed by atoms with Crippen LogP contribution in [0.5, 0.6) is 5.75 Å². The van der Waals surface area contributed by atoms with Gasteiger partial charge in [0.2, 0.25) is 0 Å². The van der Waals surface area contributed by atoms with Gasteiger partial charge in [-0.15, -0.1) is 0 Å². The molecule has 3 unspecified atom stereocenters. The van der Waals surface area contributed by atoms with E-state index in [1.807, 2.05) is 24.3 Å². The molecule has 2 N–H and O–H groups in total. The first-order chi connectivity index (χ1) is 10.2. The Morgan fingerprint density at radius 1 is 1.29 bits per heavy atom. The number of nitrogens with zero attached hydrogens (tertiary/aromatic N) is 1. The van der Waals surface area contributed by atoms with Crippen molar-refractivity contribution in [3.63, 3.8) is 0 Å². The van der Waals surface area contributed by atoms with Gasteiger partial charge in [-0.2, -0.15) is 0 Å². The van der Waals surface area contributed by atoms with Crippen LogP contribution in [0.15, 0.2) is 24.3 Å². The molecule has 0 aliphatic heterocycles. The van der Waals surface area contributed by atoms with E-state index in [2.05, 4.69) is 11.9 Å². The van der Waals surface area contributed by atoms with Gasteiger partial charge >= 0.3 is 0 Å². The summed E-state index contributed by atoms with van der Waals surface area (Å²) in [6.45, 7) is 3.17. The van der Waals surface area contributed by atoms with E-state index < -0.39 is 0 Å². The Hall–Kier alpha value is -1.22. The highest BCUT2D eigenvalue weighted by Gasteiger charge is 2.39. The normalized spacial score (nSPS) is 27.4. The van der Waals surface area contributed by atoms with Crippen LogP contribution in [0.1, 0.15) is 32.1 Å². The quantitative estimate of drug-likeness (QED) is 0.617. The Kier molecular flexibility index (Phi) is 4.69. The van der Waals surface area contributed by atoms with Crippen LogP contribution in [0.2, 0.25) is 0 Å². The van der Waals surface area contributed by atoms with E-state index in [-0.39, 0.29) is 0 Å². The highest BCUT2D eigenvalue weighted by molar-refractivity contribution is 5.43. The molecule has 0 amide bonds. The Balaban J connectivity index is 1.32. The van der Waals surface area contributed by atoms with E-state index in [4.69, 9.17) is 10.5 Å². The zero-order valence-corrected chi connectivity index (χ0v) is 13.1. The monoisotopic (exact) mass is 288 g/mol. The Labute approximate surface area is 128 Å². The van der Waals surface area contributed by atoms with Crippen molar-refractivity contribution in [2.45, 2.75) is 32.1 Å². The highest BCUT2D eigenvalue weighted by Crippen LogP contribution is 2.48. The van der Waals surface area contributed by atoms with Gasteiger partial charge in [-0.25, -0.2) is 0 Å². The minimum absolute atomic E-state index is 0.765. The fourth-order valence-corrected chi connectivity index (χ4v) is 4.22. The predicted octanol–water partition coefficient (Wildman–Crippen LogP) is 3.41. The van der Waals surface area contributed by atoms with Crippen molar-refractivity contribution < 1.29 is 4.74 Å². The van der Waals surface area contributed by atoms with E-state index in [1.54, 1.807) is 0 Å². The molecule has 2 saturated carbocycles. The summed E-state index contributed by atoms with van der Waals surface area (Å²) in [5.41, 5.74) is 6.51. The number of fused-ring (bicyclic) bond motifs is 2. The van der Waals surface area contributed by atoms with E-state index in [9.17, 15) is 0 Å². The van der Waals surface area contributed by atoms with Crippen LogP contribution >= 0.6 is 0 Å². The van der Waals surface area contributed by atoms with Crippen molar-refractivity contribution in [2.24, 2.45) is 17.8 Å². The van der Waals surface area contributed by atoms with Crippen LogP contribution in [0, 0.1) is 17.8 Å². The maximum absolute atomic E-state index is 5.75. The van der Waals surface area contributed by atoms with E-state index >= 15 is 0 Å². The molecule has 0 heterocycles. The number of nitrogen functional groups attached to an aromatic ring is 1. The second kappa shape index (κ2) is 6.69. The van der Waals surface area contributed by atoms with Crippen LogP contribution in [0.25, 0.3) is 0 Å². The fraction of sp³-hybridized carbons (Fsp3) is 0.667. The molecule has 2 aliphatic carbocycles. The summed E-state index contributed by atoms with van der Waals surface area (Å²) in [5.74, 6) is 3.93. The van der Waals surface area contributed by atoms with Crippen LogP contribution in [0.4, 0.5) is 5.69 Å². The second-order valence-electron chi connectivity index (χ2n) is 6.97. The summed E-state index contributed by atoms with van der Waals surface area (Å²) in [5, 5.41) is 0. The molecule has 2 fully saturated rings. The van der Waals surface area contributed by atoms with Crippen molar-refractivity contribution in [3.05, 3.63) is 24.3 Å². The number of hydrogen-bond donors (Lipinski definition) is 1. The second-order valence-corrected chi connectivity index (χ2v) is 6.97. The standard InChI is InChI=1S/C18H28N2O/c1-20(13-16-11-14-6-7-15(16)10-14)8-3-9-21-18-5-2-4-17(19)12-18/h2,4-5,12,14-16H,3,6-11,13,19H2,1H3. The molecule has 0 saturated heterocycles. The van der Waals surface area contributed by atoms with Crippen LogP contribution in [0.3, 0.4) is 0 Å². The van der Waals surface area contributed by atoms with Gasteiger partial charge in [0.05, 0.1) is 6.61 Å². The summed E-state index contributed by atoms with van der Waals surface area (Å²) < 4.78 is 5.75. The molecule has 2 bridgehead atoms. The summed E-state index contributed by atoms with van der Waals surface area (Å²) in [6.07, 6.45) is 7.05. The molecule has 3 nitrogen and oxygen atoms in total. The van der Waals surface area contributed by atoms with Crippen molar-refractivity contribution in [1.82, 2.24) is 4.90 Å². The first-order valence-corrected chi connectivity index (χ1v) is 8.37. The SMILES string of the molecule is CN(CCCOc1cccc(N)c1)CC1CC2CCC1C2. The molecule has 2 aliphatic rings. The van der Waals surface area contributed by atoms with Crippen LogP contribution in [-0.4, -0.2) is 31.6 Å². The van der Waals surface area contributed by atoms with Crippen molar-refractivity contribution >= 4 is 5.69 Å². The van der Waals surface area contributed by atoms with Gasteiger partial charge in [-0.05, 0) is 62.6 Å². The minimum Gasteiger partial charge on any atom is -0.493 e. The molecule has 3 atom stereocenters. The third kappa shape index (κ3) is 3.91. The average Bonchev–Trinajstić information content (AvgIpc) is 3.06. The predicted molar refractivity (Wildman–Crippen MR) is 87.4 cm³/mol. The summed E-state index contributed by atoms with van der Waals surface area (Å²) in [7, 11) is 2.26. The number of nitrogens with two attached hydrogens (primary N) is 1. The van der Waals surface area contributed by atoms with E-state index in [1.165, 1.54) is 32.2 Å². The molecule has 3 rings (SSSR count). The number of anilines is 1. The van der Waals surface area contributed by atoms with Crippen molar-refractivity contribution in [1.29, 1.82) is 0 Å². The summed E-state index contributed by atoms with van der Waals surface area (Å²) >= 11 is 0. The Morgan fingerprint density at radius 3 is 2.90 bits per heavy atom. The summed E-state index contributed by atoms with van der Waals surface area (Å²) in [6, 6.07) is 7.68. The average molecular weight is 288 g/mol. The lowest BCUT2D eigenvalue weighted by atomic mass is 9.88. The van der Waals surface area contributed by atoms with E-state index in [0.29, 0.717) is 0 Å². The van der Waals surface area contributed by atoms with Gasteiger partial charge in [-0.3, -0.25) is 0 Å². The molecule has 0 spiro atoms. The number of rotatable bonds is 7. The maximum atomic E-state index is 5.75. The molecule has 0 aromatic heterocycles. The van der Waals surface area contributed by atoms with E-state index in [0.717, 1.165) is 48.8 Å². The van der Waals surface area contributed by atoms with Gasteiger partial charge < -0.3 is 15.4 Å². The lowest BCUT2D eigenvalue weighted by molar-refractivity contribution is 0.204. The topological polar surface area (TPSA) is 38.5 Å². The molecule has 3 heteroatoms. The number of benzene rings is 1. The number of hydrogen-bond acceptors (Lipinski definition) is 3. The van der Waals surface area contributed by atoms with Gasteiger partial charge in [-0.1, -0.05) is 12.5 Å². The van der Waals surface area contributed by atoms with Gasteiger partial charge in [0.15, 0.2) is 0 Å². The van der Waals surface area contributed by atoms with Crippen LogP contribution in [-0.2, 0) is 0 Å². The highest BCUT2D eigenvalue weighted by atomic mass is 16.5. The van der Waals surface area contributed by atoms with Crippen molar-refractivity contribution in [3.8, 4) is 5.75 Å². The van der Waals surface area contributed by atoms with Gasteiger partial charge in [0, 0.05) is 24.8 Å². The molecule has 1 aromatic carbocycles. The molecular formula is C18H28N2O. The minimum atomic E-state index is 0.765. The zero-order valence-electron chi connectivity index (χ0n) is 13.1.